The molecule has 2 aliphatic heterocycles. The van der Waals surface area contributed by atoms with E-state index in [0.29, 0.717) is 32.5 Å². The molecule has 0 aromatic carbocycles. The molecule has 2 fully saturated rings. The molecule has 2 aliphatic rings. The van der Waals surface area contributed by atoms with Gasteiger partial charge in [-0.15, -0.1) is 0 Å². The highest BCUT2D eigenvalue weighted by molar-refractivity contribution is 5.82. The summed E-state index contributed by atoms with van der Waals surface area (Å²) in [5, 5.41) is 8.61. The number of hydrogen-bond donors (Lipinski definition) is 0. The van der Waals surface area contributed by atoms with Crippen LogP contribution in [0.3, 0.4) is 0 Å². The van der Waals surface area contributed by atoms with E-state index >= 15 is 0 Å². The summed E-state index contributed by atoms with van der Waals surface area (Å²) < 4.78 is 11.0. The summed E-state index contributed by atoms with van der Waals surface area (Å²) in [6, 6.07) is 1.79. The first-order valence-electron chi connectivity index (χ1n) is 7.80. The predicted molar refractivity (Wildman–Crippen MR) is 79.0 cm³/mol. The minimum absolute atomic E-state index is 0.0778. The summed E-state index contributed by atoms with van der Waals surface area (Å²) in [6.07, 6.45) is 1.43. The van der Waals surface area contributed by atoms with Crippen LogP contribution in [0.15, 0.2) is 0 Å². The first kappa shape index (κ1) is 16.8. The van der Waals surface area contributed by atoms with E-state index in [2.05, 4.69) is 0 Å². The lowest BCUT2D eigenvalue weighted by Gasteiger charge is -2.47. The Hall–Kier alpha value is -1.61. The number of amides is 1. The van der Waals surface area contributed by atoms with E-state index in [9.17, 15) is 9.59 Å². The zero-order valence-electron chi connectivity index (χ0n) is 13.5. The number of morpholine rings is 1. The van der Waals surface area contributed by atoms with Crippen LogP contribution >= 0.6 is 0 Å². The molecule has 2 atom stereocenters. The van der Waals surface area contributed by atoms with E-state index in [4.69, 9.17) is 14.7 Å². The molecule has 2 rings (SSSR count). The standard InChI is InChI=1S/C16H24N2O4/c1-16(2,3)22-15(20)18-12-7-11(14(19)5-4-6-17)8-13(18)10-21-9-12/h11-13H,4-5,7-10H2,1-3H3. The Morgan fingerprint density at radius 1 is 1.27 bits per heavy atom. The topological polar surface area (TPSA) is 79.6 Å². The zero-order chi connectivity index (χ0) is 16.3. The molecule has 22 heavy (non-hydrogen) atoms. The van der Waals surface area contributed by atoms with Gasteiger partial charge in [-0.05, 0) is 33.6 Å². The third-order valence-electron chi connectivity index (χ3n) is 4.06. The van der Waals surface area contributed by atoms with Gasteiger partial charge in [-0.25, -0.2) is 4.79 Å². The van der Waals surface area contributed by atoms with Gasteiger partial charge >= 0.3 is 6.09 Å². The Labute approximate surface area is 131 Å². The van der Waals surface area contributed by atoms with Gasteiger partial charge in [-0.2, -0.15) is 5.26 Å². The van der Waals surface area contributed by atoms with Crippen molar-refractivity contribution in [3.05, 3.63) is 0 Å². The molecule has 6 nitrogen and oxygen atoms in total. The fraction of sp³-hybridized carbons (Fsp3) is 0.812. The summed E-state index contributed by atoms with van der Waals surface area (Å²) in [4.78, 5) is 26.3. The maximum Gasteiger partial charge on any atom is 0.410 e. The molecule has 0 N–H and O–H groups in total. The van der Waals surface area contributed by atoms with Crippen molar-refractivity contribution in [3.8, 4) is 6.07 Å². The summed E-state index contributed by atoms with van der Waals surface area (Å²) in [5.41, 5.74) is -0.536. The summed E-state index contributed by atoms with van der Waals surface area (Å²) in [6.45, 7) is 6.41. The number of nitrogens with zero attached hydrogens (tertiary/aromatic N) is 2. The SMILES string of the molecule is CC(C)(C)OC(=O)N1C2COCC1CC(C(=O)CCC#N)C2. The van der Waals surface area contributed by atoms with Crippen LogP contribution in [0.2, 0.25) is 0 Å². The molecule has 122 valence electrons. The smallest absolute Gasteiger partial charge is 0.410 e. The lowest BCUT2D eigenvalue weighted by Crippen LogP contribution is -2.60. The van der Waals surface area contributed by atoms with E-state index in [1.165, 1.54) is 0 Å². The number of carbonyl (C=O) groups is 2. The van der Waals surface area contributed by atoms with Gasteiger partial charge in [0.2, 0.25) is 0 Å². The first-order valence-corrected chi connectivity index (χ1v) is 7.80. The molecule has 0 aromatic rings. The minimum atomic E-state index is -0.536. The maximum atomic E-state index is 12.4. The van der Waals surface area contributed by atoms with Crippen molar-refractivity contribution in [3.63, 3.8) is 0 Å². The molecule has 6 heteroatoms. The van der Waals surface area contributed by atoms with Gasteiger partial charge in [-0.3, -0.25) is 9.69 Å². The monoisotopic (exact) mass is 308 g/mol. The molecule has 2 heterocycles. The molecule has 2 unspecified atom stereocenters. The molecule has 0 aliphatic carbocycles. The van der Waals surface area contributed by atoms with E-state index in [1.807, 2.05) is 26.8 Å². The predicted octanol–water partition coefficient (Wildman–Crippen LogP) is 2.27. The van der Waals surface area contributed by atoms with Gasteiger partial charge in [0.25, 0.3) is 0 Å². The number of fused-ring (bicyclic) bond motifs is 2. The van der Waals surface area contributed by atoms with E-state index in [1.54, 1.807) is 4.90 Å². The van der Waals surface area contributed by atoms with Crippen LogP contribution in [0.1, 0.15) is 46.5 Å². The molecular formula is C16H24N2O4. The molecule has 2 bridgehead atoms. The second-order valence-electron chi connectivity index (χ2n) is 7.03. The summed E-state index contributed by atoms with van der Waals surface area (Å²) in [7, 11) is 0. The summed E-state index contributed by atoms with van der Waals surface area (Å²) >= 11 is 0. The van der Waals surface area contributed by atoms with Crippen molar-refractivity contribution < 1.29 is 19.1 Å². The normalized spacial score (nSPS) is 27.9. The van der Waals surface area contributed by atoms with Gasteiger partial charge in [0.05, 0.1) is 31.4 Å². The van der Waals surface area contributed by atoms with Crippen LogP contribution < -0.4 is 0 Å². The van der Waals surface area contributed by atoms with Crippen molar-refractivity contribution in [2.24, 2.45) is 5.92 Å². The average Bonchev–Trinajstić information content (AvgIpc) is 2.41. The quantitative estimate of drug-likeness (QED) is 0.799. The van der Waals surface area contributed by atoms with Crippen LogP contribution in [-0.2, 0) is 14.3 Å². The Balaban J connectivity index is 2.04. The van der Waals surface area contributed by atoms with Gasteiger partial charge < -0.3 is 9.47 Å². The second kappa shape index (κ2) is 6.66. The largest absolute Gasteiger partial charge is 0.444 e. The maximum absolute atomic E-state index is 12.4. The second-order valence-corrected chi connectivity index (χ2v) is 7.03. The first-order chi connectivity index (χ1) is 10.3. The van der Waals surface area contributed by atoms with E-state index < -0.39 is 5.60 Å². The zero-order valence-corrected chi connectivity index (χ0v) is 13.5. The number of Topliss-reactive ketones (excluding diaryl/α,β-unsaturated/α-hetero) is 1. The van der Waals surface area contributed by atoms with Crippen molar-refractivity contribution in [2.45, 2.75) is 64.1 Å². The molecule has 0 aromatic heterocycles. The molecule has 2 saturated heterocycles. The number of nitriles is 1. The van der Waals surface area contributed by atoms with E-state index in [-0.39, 0.29) is 36.3 Å². The highest BCUT2D eigenvalue weighted by Crippen LogP contribution is 2.34. The van der Waals surface area contributed by atoms with Gasteiger partial charge in [0.15, 0.2) is 0 Å². The number of ketones is 1. The average molecular weight is 308 g/mol. The van der Waals surface area contributed by atoms with E-state index in [0.717, 1.165) is 0 Å². The van der Waals surface area contributed by atoms with Crippen molar-refractivity contribution >= 4 is 11.9 Å². The third-order valence-corrected chi connectivity index (χ3v) is 4.06. The van der Waals surface area contributed by atoms with Crippen molar-refractivity contribution in [2.75, 3.05) is 13.2 Å². The fourth-order valence-corrected chi connectivity index (χ4v) is 3.17. The van der Waals surface area contributed by atoms with Gasteiger partial charge in [-0.1, -0.05) is 0 Å². The lowest BCUT2D eigenvalue weighted by atomic mass is 9.81. The number of hydrogen-bond acceptors (Lipinski definition) is 5. The van der Waals surface area contributed by atoms with Crippen LogP contribution in [0.5, 0.6) is 0 Å². The highest BCUT2D eigenvalue weighted by atomic mass is 16.6. The van der Waals surface area contributed by atoms with Gasteiger partial charge in [0.1, 0.15) is 11.4 Å². The number of piperidine rings is 1. The number of carbonyl (C=O) groups excluding carboxylic acids is 2. The van der Waals surface area contributed by atoms with Gasteiger partial charge in [0, 0.05) is 18.8 Å². The van der Waals surface area contributed by atoms with Crippen molar-refractivity contribution in [1.82, 2.24) is 4.90 Å². The number of ether oxygens (including phenoxy) is 2. The number of rotatable bonds is 3. The Morgan fingerprint density at radius 3 is 2.36 bits per heavy atom. The molecule has 0 saturated carbocycles. The molecular weight excluding hydrogens is 284 g/mol. The fourth-order valence-electron chi connectivity index (χ4n) is 3.17. The van der Waals surface area contributed by atoms with Crippen LogP contribution in [0.4, 0.5) is 4.79 Å². The lowest BCUT2D eigenvalue weighted by molar-refractivity contribution is -0.132. The third kappa shape index (κ3) is 3.98. The molecule has 1 amide bonds. The molecule has 0 radical (unpaired) electrons. The molecule has 0 spiro atoms. The van der Waals surface area contributed by atoms with Crippen LogP contribution in [0.25, 0.3) is 0 Å². The van der Waals surface area contributed by atoms with Crippen LogP contribution in [-0.4, -0.2) is 47.7 Å². The highest BCUT2D eigenvalue weighted by Gasteiger charge is 2.44. The minimum Gasteiger partial charge on any atom is -0.444 e. The van der Waals surface area contributed by atoms with Crippen molar-refractivity contribution in [1.29, 1.82) is 5.26 Å². The van der Waals surface area contributed by atoms with Crippen LogP contribution in [0, 0.1) is 17.2 Å². The Kier molecular flexibility index (Phi) is 5.07. The Morgan fingerprint density at radius 2 is 1.86 bits per heavy atom. The summed E-state index contributed by atoms with van der Waals surface area (Å²) in [5.74, 6) is 0.0493. The Bertz CT molecular complexity index is 464.